The summed E-state index contributed by atoms with van der Waals surface area (Å²) in [4.78, 5) is 10.8. The number of aromatic hydroxyl groups is 1. The molecule has 1 aromatic rings. The van der Waals surface area contributed by atoms with Crippen molar-refractivity contribution in [3.63, 3.8) is 0 Å². The van der Waals surface area contributed by atoms with Crippen LogP contribution in [-0.4, -0.2) is 11.4 Å². The van der Waals surface area contributed by atoms with E-state index in [9.17, 15) is 9.90 Å². The minimum atomic E-state index is 0.229. The summed E-state index contributed by atoms with van der Waals surface area (Å²) < 4.78 is 0. The molecule has 2 rings (SSSR count). The Bertz CT molecular complexity index is 376. The zero-order chi connectivity index (χ0) is 9.97. The van der Waals surface area contributed by atoms with Crippen LogP contribution in [0.4, 0.5) is 0 Å². The number of carbonyl (C=O) groups is 1. The Morgan fingerprint density at radius 2 is 2.07 bits per heavy atom. The lowest BCUT2D eigenvalue weighted by atomic mass is 10.1. The van der Waals surface area contributed by atoms with Crippen LogP contribution in [0.1, 0.15) is 18.4 Å². The lowest BCUT2D eigenvalue weighted by molar-refractivity contribution is -0.105. The van der Waals surface area contributed by atoms with Crippen molar-refractivity contribution in [1.82, 2.24) is 0 Å². The van der Waals surface area contributed by atoms with Crippen LogP contribution in [0, 0.1) is 5.92 Å². The number of hydrogen-bond donors (Lipinski definition) is 1. The van der Waals surface area contributed by atoms with Gasteiger partial charge in [-0.05, 0) is 36.5 Å². The van der Waals surface area contributed by atoms with Gasteiger partial charge in [0.2, 0.25) is 0 Å². The molecule has 1 aliphatic rings. The normalized spacial score (nSPS) is 16.7. The van der Waals surface area contributed by atoms with Crippen molar-refractivity contribution in [2.24, 2.45) is 5.92 Å². The Morgan fingerprint density at radius 3 is 2.64 bits per heavy atom. The van der Waals surface area contributed by atoms with Gasteiger partial charge < -0.3 is 5.11 Å². The molecule has 0 spiro atoms. The van der Waals surface area contributed by atoms with Gasteiger partial charge in [-0.15, -0.1) is 0 Å². The first-order valence-electron chi connectivity index (χ1n) is 4.76. The Hall–Kier alpha value is -1.57. The molecule has 14 heavy (non-hydrogen) atoms. The van der Waals surface area contributed by atoms with Crippen LogP contribution >= 0.6 is 0 Å². The highest BCUT2D eigenvalue weighted by Gasteiger charge is 2.25. The number of benzene rings is 1. The Labute approximate surface area is 82.9 Å². The summed E-state index contributed by atoms with van der Waals surface area (Å²) in [7, 11) is 0. The molecule has 0 bridgehead atoms. The number of rotatable bonds is 3. The number of aldehydes is 1. The minimum Gasteiger partial charge on any atom is -0.507 e. The number of allylic oxidation sites excluding steroid dienone is 1. The van der Waals surface area contributed by atoms with Gasteiger partial charge in [-0.1, -0.05) is 18.2 Å². The predicted molar refractivity (Wildman–Crippen MR) is 54.9 cm³/mol. The quantitative estimate of drug-likeness (QED) is 0.584. The Balaban J connectivity index is 2.30. The Morgan fingerprint density at radius 1 is 1.36 bits per heavy atom. The van der Waals surface area contributed by atoms with Crippen LogP contribution in [0.25, 0.3) is 6.08 Å². The summed E-state index contributed by atoms with van der Waals surface area (Å²) in [5.41, 5.74) is 1.52. The molecule has 0 saturated heterocycles. The molecule has 0 amide bonds. The van der Waals surface area contributed by atoms with Crippen molar-refractivity contribution >= 4 is 12.4 Å². The van der Waals surface area contributed by atoms with Crippen molar-refractivity contribution in [1.29, 1.82) is 0 Å². The first-order chi connectivity index (χ1) is 6.81. The predicted octanol–water partition coefficient (Wildman–Crippen LogP) is 2.38. The van der Waals surface area contributed by atoms with E-state index < -0.39 is 0 Å². The van der Waals surface area contributed by atoms with Crippen LogP contribution in [0.2, 0.25) is 0 Å². The molecule has 0 radical (unpaired) electrons. The number of phenols is 1. The third-order valence-corrected chi connectivity index (χ3v) is 2.44. The smallest absolute Gasteiger partial charge is 0.146 e. The maximum Gasteiger partial charge on any atom is 0.146 e. The molecule has 1 fully saturated rings. The largest absolute Gasteiger partial charge is 0.507 e. The van der Waals surface area contributed by atoms with Gasteiger partial charge in [0.25, 0.3) is 0 Å². The summed E-state index contributed by atoms with van der Waals surface area (Å²) in [6.07, 6.45) is 4.86. The number of carbonyl (C=O) groups excluding carboxylic acids is 1. The van der Waals surface area contributed by atoms with Gasteiger partial charge in [-0.25, -0.2) is 0 Å². The second-order valence-electron chi connectivity index (χ2n) is 3.60. The average Bonchev–Trinajstić information content (AvgIpc) is 3.00. The van der Waals surface area contributed by atoms with E-state index in [1.807, 2.05) is 6.07 Å². The van der Waals surface area contributed by atoms with Crippen molar-refractivity contribution in [2.75, 3.05) is 0 Å². The van der Waals surface area contributed by atoms with Crippen molar-refractivity contribution in [3.8, 4) is 5.75 Å². The molecule has 2 nitrogen and oxygen atoms in total. The molecule has 2 heteroatoms. The second kappa shape index (κ2) is 3.66. The van der Waals surface area contributed by atoms with Crippen LogP contribution in [0.3, 0.4) is 0 Å². The average molecular weight is 188 g/mol. The van der Waals surface area contributed by atoms with E-state index in [1.54, 1.807) is 24.3 Å². The standard InChI is InChI=1S/C12H12O2/c13-8-11(9-5-6-9)7-10-3-1-2-4-12(10)14/h1-4,7-9,14H,5-6H2/b11-7+. The summed E-state index contributed by atoms with van der Waals surface area (Å²) in [5.74, 6) is 0.652. The van der Waals surface area contributed by atoms with E-state index in [0.717, 1.165) is 30.3 Å². The fourth-order valence-corrected chi connectivity index (χ4v) is 1.45. The van der Waals surface area contributed by atoms with E-state index in [0.29, 0.717) is 5.92 Å². The van der Waals surface area contributed by atoms with Gasteiger partial charge in [0, 0.05) is 5.56 Å². The second-order valence-corrected chi connectivity index (χ2v) is 3.60. The van der Waals surface area contributed by atoms with E-state index in [1.165, 1.54) is 0 Å². The number of para-hydroxylation sites is 1. The summed E-state index contributed by atoms with van der Waals surface area (Å²) in [5, 5.41) is 9.50. The molecule has 1 saturated carbocycles. The molecule has 0 aromatic heterocycles. The maximum absolute atomic E-state index is 10.8. The van der Waals surface area contributed by atoms with Crippen molar-refractivity contribution in [2.45, 2.75) is 12.8 Å². The van der Waals surface area contributed by atoms with Crippen LogP contribution in [0.15, 0.2) is 29.8 Å². The number of phenolic OH excluding ortho intramolecular Hbond substituents is 1. The summed E-state index contributed by atoms with van der Waals surface area (Å²) in [6, 6.07) is 7.05. The lowest BCUT2D eigenvalue weighted by Gasteiger charge is -1.99. The molecule has 1 N–H and O–H groups in total. The highest BCUT2D eigenvalue weighted by atomic mass is 16.3. The fraction of sp³-hybridized carbons (Fsp3) is 0.250. The van der Waals surface area contributed by atoms with Gasteiger partial charge in [-0.2, -0.15) is 0 Å². The monoisotopic (exact) mass is 188 g/mol. The van der Waals surface area contributed by atoms with E-state index in [-0.39, 0.29) is 5.75 Å². The third kappa shape index (κ3) is 1.84. The van der Waals surface area contributed by atoms with Crippen molar-refractivity contribution in [3.05, 3.63) is 35.4 Å². The van der Waals surface area contributed by atoms with Gasteiger partial charge in [0.15, 0.2) is 0 Å². The summed E-state index contributed by atoms with van der Waals surface area (Å²) in [6.45, 7) is 0. The van der Waals surface area contributed by atoms with E-state index in [2.05, 4.69) is 0 Å². The Kier molecular flexibility index (Phi) is 2.35. The molecular formula is C12H12O2. The first-order valence-corrected chi connectivity index (χ1v) is 4.76. The van der Waals surface area contributed by atoms with Crippen LogP contribution < -0.4 is 0 Å². The first kappa shape index (κ1) is 9.00. The SMILES string of the molecule is O=C/C(=C\c1ccccc1O)C1CC1. The highest BCUT2D eigenvalue weighted by molar-refractivity contribution is 5.84. The maximum atomic E-state index is 10.8. The zero-order valence-electron chi connectivity index (χ0n) is 7.81. The van der Waals surface area contributed by atoms with Crippen LogP contribution in [0.5, 0.6) is 5.75 Å². The van der Waals surface area contributed by atoms with E-state index >= 15 is 0 Å². The highest BCUT2D eigenvalue weighted by Crippen LogP contribution is 2.36. The van der Waals surface area contributed by atoms with Crippen LogP contribution in [-0.2, 0) is 4.79 Å². The van der Waals surface area contributed by atoms with Gasteiger partial charge in [0.05, 0.1) is 0 Å². The van der Waals surface area contributed by atoms with Crippen molar-refractivity contribution < 1.29 is 9.90 Å². The summed E-state index contributed by atoms with van der Waals surface area (Å²) >= 11 is 0. The molecular weight excluding hydrogens is 176 g/mol. The third-order valence-electron chi connectivity index (χ3n) is 2.44. The fourth-order valence-electron chi connectivity index (χ4n) is 1.45. The molecule has 1 aliphatic carbocycles. The van der Waals surface area contributed by atoms with Gasteiger partial charge in [0.1, 0.15) is 12.0 Å². The van der Waals surface area contributed by atoms with Gasteiger partial charge in [-0.3, -0.25) is 4.79 Å². The molecule has 0 unspecified atom stereocenters. The topological polar surface area (TPSA) is 37.3 Å². The minimum absolute atomic E-state index is 0.229. The molecule has 0 aliphatic heterocycles. The molecule has 0 atom stereocenters. The molecule has 1 aromatic carbocycles. The molecule has 0 heterocycles. The van der Waals surface area contributed by atoms with E-state index in [4.69, 9.17) is 0 Å². The van der Waals surface area contributed by atoms with Gasteiger partial charge >= 0.3 is 0 Å². The zero-order valence-corrected chi connectivity index (χ0v) is 7.81. The lowest BCUT2D eigenvalue weighted by Crippen LogP contribution is -1.87. The molecule has 72 valence electrons. The number of hydrogen-bond acceptors (Lipinski definition) is 2.